The van der Waals surface area contributed by atoms with E-state index in [1.54, 1.807) is 4.90 Å². The average Bonchev–Trinajstić information content (AvgIpc) is 3.64. The summed E-state index contributed by atoms with van der Waals surface area (Å²) in [6.45, 7) is 15.0. The van der Waals surface area contributed by atoms with E-state index >= 15 is 0 Å². The van der Waals surface area contributed by atoms with Gasteiger partial charge in [-0.05, 0) is 37.1 Å². The predicted molar refractivity (Wildman–Crippen MR) is 171 cm³/mol. The largest absolute Gasteiger partial charge is 0.462 e. The molecule has 3 aromatic rings. The lowest BCUT2D eigenvalue weighted by Gasteiger charge is -2.41. The molecule has 0 radical (unpaired) electrons. The molecule has 1 aromatic heterocycles. The van der Waals surface area contributed by atoms with Gasteiger partial charge in [0.1, 0.15) is 18.5 Å². The maximum atomic E-state index is 13.4. The van der Waals surface area contributed by atoms with E-state index in [0.29, 0.717) is 50.7 Å². The van der Waals surface area contributed by atoms with Gasteiger partial charge in [0.2, 0.25) is 12.5 Å². The first-order valence-electron chi connectivity index (χ1n) is 15.2. The molecule has 2 aliphatic heterocycles. The van der Waals surface area contributed by atoms with Gasteiger partial charge in [0, 0.05) is 68.2 Å². The molecule has 2 unspecified atom stereocenters. The molecule has 9 nitrogen and oxygen atoms in total. The summed E-state index contributed by atoms with van der Waals surface area (Å²) in [6, 6.07) is 12.0. The number of piperazine rings is 1. The molecule has 1 aliphatic carbocycles. The van der Waals surface area contributed by atoms with Gasteiger partial charge in [-0.15, -0.1) is 0 Å². The second-order valence-electron chi connectivity index (χ2n) is 12.0. The van der Waals surface area contributed by atoms with Gasteiger partial charge in [0.05, 0.1) is 17.3 Å². The van der Waals surface area contributed by atoms with Gasteiger partial charge < -0.3 is 29.2 Å². The molecule has 3 aliphatic rings. The maximum absolute atomic E-state index is 13.4. The molecule has 2 fully saturated rings. The quantitative estimate of drug-likeness (QED) is 0.231. The van der Waals surface area contributed by atoms with Crippen LogP contribution in [0.25, 0.3) is 15.6 Å². The number of rotatable bonds is 10. The van der Waals surface area contributed by atoms with Crippen molar-refractivity contribution in [2.75, 3.05) is 69.3 Å². The molecule has 0 N–H and O–H groups in total. The molecule has 1 saturated carbocycles. The standard InChI is InChI=1S/C33H36ClF2N7O2/c1-4-29(44)43-14-13-42(20-24(43)18-37-2)31-25-11-12-41(28-10-6-8-22-7-5-9-26(34)30(22)28)21-27(25)38-32(39-31)45-16-15-40(3)19-23-17-33(23,35)36/h4-10,23-24H,1,11-21H2,3H3. The Morgan fingerprint density at radius 1 is 1.22 bits per heavy atom. The monoisotopic (exact) mass is 635 g/mol. The summed E-state index contributed by atoms with van der Waals surface area (Å²) in [7, 11) is 1.81. The molecule has 2 atom stereocenters. The number of hydrogen-bond donors (Lipinski definition) is 0. The third kappa shape index (κ3) is 6.53. The van der Waals surface area contributed by atoms with Crippen molar-refractivity contribution in [3.8, 4) is 6.01 Å². The Balaban J connectivity index is 1.28. The van der Waals surface area contributed by atoms with Crippen molar-refractivity contribution in [3.63, 3.8) is 0 Å². The summed E-state index contributed by atoms with van der Waals surface area (Å²) in [5.74, 6) is -2.60. The molecule has 0 bridgehead atoms. The maximum Gasteiger partial charge on any atom is 0.318 e. The van der Waals surface area contributed by atoms with Crippen molar-refractivity contribution in [1.82, 2.24) is 19.8 Å². The first-order chi connectivity index (χ1) is 21.7. The summed E-state index contributed by atoms with van der Waals surface area (Å²) in [5, 5.41) is 2.74. The number of fused-ring (bicyclic) bond motifs is 2. The van der Waals surface area contributed by atoms with Gasteiger partial charge in [-0.25, -0.2) is 15.4 Å². The Morgan fingerprint density at radius 2 is 2.00 bits per heavy atom. The number of nitrogens with zero attached hydrogens (tertiary/aromatic N) is 7. The number of carbonyl (C=O) groups excluding carboxylic acids is 1. The number of benzene rings is 2. The number of halogens is 3. The molecule has 236 valence electrons. The zero-order chi connectivity index (χ0) is 31.7. The van der Waals surface area contributed by atoms with E-state index in [2.05, 4.69) is 27.3 Å². The minimum Gasteiger partial charge on any atom is -0.462 e. The molecule has 2 aromatic carbocycles. The second-order valence-corrected chi connectivity index (χ2v) is 12.4. The Kier molecular flexibility index (Phi) is 8.80. The molecular formula is C33H36ClF2N7O2. The number of amides is 1. The number of ether oxygens (including phenoxy) is 1. The molecule has 3 heterocycles. The third-order valence-corrected chi connectivity index (χ3v) is 9.24. The predicted octanol–water partition coefficient (Wildman–Crippen LogP) is 4.93. The Labute approximate surface area is 266 Å². The first-order valence-corrected chi connectivity index (χ1v) is 15.6. The highest BCUT2D eigenvalue weighted by molar-refractivity contribution is 6.36. The SMILES string of the molecule is [C-]#[N+]CC1CN(c2nc(OCCN(C)CC3CC3(F)F)nc3c2CCN(c2cccc4cccc(Cl)c24)C3)CCN1C(=O)C=C. The van der Waals surface area contributed by atoms with Crippen LogP contribution in [-0.4, -0.2) is 97.1 Å². The summed E-state index contributed by atoms with van der Waals surface area (Å²) in [6.07, 6.45) is 1.91. The van der Waals surface area contributed by atoms with Gasteiger partial charge in [-0.2, -0.15) is 9.97 Å². The van der Waals surface area contributed by atoms with Gasteiger partial charge in [0.25, 0.3) is 5.92 Å². The van der Waals surface area contributed by atoms with Crippen LogP contribution >= 0.6 is 11.6 Å². The van der Waals surface area contributed by atoms with Gasteiger partial charge >= 0.3 is 6.01 Å². The minimum atomic E-state index is -2.56. The molecule has 6 rings (SSSR count). The number of likely N-dealkylation sites (N-methyl/N-ethyl adjacent to an activating group) is 1. The molecule has 12 heteroatoms. The van der Waals surface area contributed by atoms with Crippen molar-refractivity contribution in [1.29, 1.82) is 0 Å². The van der Waals surface area contributed by atoms with Crippen LogP contribution in [0.4, 0.5) is 20.3 Å². The molecule has 45 heavy (non-hydrogen) atoms. The number of carbonyl (C=O) groups is 1. The van der Waals surface area contributed by atoms with Crippen molar-refractivity contribution >= 4 is 39.8 Å². The van der Waals surface area contributed by atoms with Crippen LogP contribution in [0.1, 0.15) is 17.7 Å². The van der Waals surface area contributed by atoms with E-state index in [4.69, 9.17) is 32.9 Å². The smallest absolute Gasteiger partial charge is 0.318 e. The van der Waals surface area contributed by atoms with Crippen LogP contribution in [0.5, 0.6) is 6.01 Å². The molecular weight excluding hydrogens is 600 g/mol. The van der Waals surface area contributed by atoms with Crippen LogP contribution in [0.2, 0.25) is 5.02 Å². The summed E-state index contributed by atoms with van der Waals surface area (Å²) in [4.78, 5) is 33.8. The fraction of sp³-hybridized carbons (Fsp3) is 0.455. The van der Waals surface area contributed by atoms with E-state index < -0.39 is 11.8 Å². The highest BCUT2D eigenvalue weighted by Crippen LogP contribution is 2.48. The third-order valence-electron chi connectivity index (χ3n) is 8.93. The first kappa shape index (κ1) is 31.0. The van der Waals surface area contributed by atoms with Crippen molar-refractivity contribution in [2.45, 2.75) is 31.4 Å². The number of anilines is 2. The number of hydrogen-bond acceptors (Lipinski definition) is 7. The lowest BCUT2D eigenvalue weighted by Crippen LogP contribution is -2.56. The van der Waals surface area contributed by atoms with Gasteiger partial charge in [0.15, 0.2) is 0 Å². The fourth-order valence-corrected chi connectivity index (χ4v) is 6.68. The highest BCUT2D eigenvalue weighted by atomic mass is 35.5. The van der Waals surface area contributed by atoms with Crippen molar-refractivity contribution in [2.24, 2.45) is 5.92 Å². The Hall–Kier alpha value is -4.01. The van der Waals surface area contributed by atoms with E-state index in [-0.39, 0.29) is 37.5 Å². The Morgan fingerprint density at radius 3 is 2.73 bits per heavy atom. The second kappa shape index (κ2) is 12.8. The van der Waals surface area contributed by atoms with Crippen molar-refractivity contribution < 1.29 is 18.3 Å². The lowest BCUT2D eigenvalue weighted by molar-refractivity contribution is -0.128. The van der Waals surface area contributed by atoms with E-state index in [1.807, 2.05) is 42.3 Å². The lowest BCUT2D eigenvalue weighted by atomic mass is 10.0. The van der Waals surface area contributed by atoms with Crippen LogP contribution < -0.4 is 14.5 Å². The van der Waals surface area contributed by atoms with Crippen LogP contribution in [0, 0.1) is 12.5 Å². The molecule has 1 amide bonds. The van der Waals surface area contributed by atoms with Gasteiger partial charge in [-0.3, -0.25) is 4.79 Å². The zero-order valence-corrected chi connectivity index (χ0v) is 26.0. The van der Waals surface area contributed by atoms with E-state index in [1.165, 1.54) is 6.08 Å². The highest BCUT2D eigenvalue weighted by Gasteiger charge is 2.56. The van der Waals surface area contributed by atoms with Crippen LogP contribution in [0.3, 0.4) is 0 Å². The van der Waals surface area contributed by atoms with Crippen molar-refractivity contribution in [3.05, 3.63) is 76.8 Å². The molecule has 1 saturated heterocycles. The summed E-state index contributed by atoms with van der Waals surface area (Å²) in [5.41, 5.74) is 2.88. The number of alkyl halides is 2. The average molecular weight is 636 g/mol. The van der Waals surface area contributed by atoms with Gasteiger partial charge in [-0.1, -0.05) is 42.4 Å². The zero-order valence-electron chi connectivity index (χ0n) is 25.3. The Bertz CT molecular complexity index is 1640. The molecule has 0 spiro atoms. The minimum absolute atomic E-state index is 0.0615. The van der Waals surface area contributed by atoms with E-state index in [0.717, 1.165) is 40.1 Å². The normalized spacial score (nSPS) is 20.6. The fourth-order valence-electron chi connectivity index (χ4n) is 6.40. The summed E-state index contributed by atoms with van der Waals surface area (Å²) >= 11 is 6.67. The number of aromatic nitrogens is 2. The van der Waals surface area contributed by atoms with E-state index in [9.17, 15) is 13.6 Å². The van der Waals surface area contributed by atoms with Crippen LogP contribution in [-0.2, 0) is 17.8 Å². The topological polar surface area (TPSA) is 69.4 Å². The van der Waals surface area contributed by atoms with Crippen LogP contribution in [0.15, 0.2) is 49.1 Å². The summed E-state index contributed by atoms with van der Waals surface area (Å²) < 4.78 is 32.9.